The summed E-state index contributed by atoms with van der Waals surface area (Å²) in [6.07, 6.45) is 8.03. The van der Waals surface area contributed by atoms with Crippen LogP contribution in [0.25, 0.3) is 0 Å². The molecular weight excluding hydrogens is 360 g/mol. The highest BCUT2D eigenvalue weighted by Gasteiger charge is 2.27. The zero-order chi connectivity index (χ0) is 18.6. The van der Waals surface area contributed by atoms with E-state index in [-0.39, 0.29) is 6.10 Å². The molecule has 27 heavy (non-hydrogen) atoms. The first-order chi connectivity index (χ1) is 13.2. The standard InChI is InChI=1S/C21H23ClN4O/c1-15-20(3-2-12-23-15)27-19-10-6-17(7-11-19)21-25-24-14-26(21)13-16-4-8-18(22)9-5-16/h2-5,8-9,12,14,17,19H,6-7,10-11,13H2,1H3/t17-,19-. The third-order valence-corrected chi connectivity index (χ3v) is 5.46. The van der Waals surface area contributed by atoms with E-state index in [1.165, 1.54) is 5.56 Å². The van der Waals surface area contributed by atoms with E-state index in [1.54, 1.807) is 6.20 Å². The first kappa shape index (κ1) is 18.0. The predicted octanol–water partition coefficient (Wildman–Crippen LogP) is 4.79. The zero-order valence-electron chi connectivity index (χ0n) is 15.4. The van der Waals surface area contributed by atoms with Crippen molar-refractivity contribution in [3.05, 3.63) is 71.0 Å². The maximum absolute atomic E-state index is 6.17. The summed E-state index contributed by atoms with van der Waals surface area (Å²) in [5, 5.41) is 9.32. The summed E-state index contributed by atoms with van der Waals surface area (Å²) in [5.74, 6) is 2.39. The van der Waals surface area contributed by atoms with Gasteiger partial charge in [0, 0.05) is 17.1 Å². The molecule has 0 atom stereocenters. The largest absolute Gasteiger partial charge is 0.489 e. The fraction of sp³-hybridized carbons (Fsp3) is 0.381. The van der Waals surface area contributed by atoms with Crippen LogP contribution in [0.4, 0.5) is 0 Å². The molecule has 0 unspecified atom stereocenters. The highest BCUT2D eigenvalue weighted by molar-refractivity contribution is 6.30. The van der Waals surface area contributed by atoms with Crippen LogP contribution in [0.1, 0.15) is 48.7 Å². The van der Waals surface area contributed by atoms with E-state index in [0.29, 0.717) is 5.92 Å². The van der Waals surface area contributed by atoms with Gasteiger partial charge in [-0.25, -0.2) is 0 Å². The molecular formula is C21H23ClN4O. The van der Waals surface area contributed by atoms with Crippen molar-refractivity contribution >= 4 is 11.6 Å². The smallest absolute Gasteiger partial charge is 0.140 e. The Morgan fingerprint density at radius 3 is 2.63 bits per heavy atom. The summed E-state index contributed by atoms with van der Waals surface area (Å²) >= 11 is 5.98. The third-order valence-electron chi connectivity index (χ3n) is 5.20. The van der Waals surface area contributed by atoms with Gasteiger partial charge in [0.15, 0.2) is 0 Å². The normalized spacial score (nSPS) is 19.8. The summed E-state index contributed by atoms with van der Waals surface area (Å²) in [7, 11) is 0. The summed E-state index contributed by atoms with van der Waals surface area (Å²) in [6.45, 7) is 2.75. The summed E-state index contributed by atoms with van der Waals surface area (Å²) in [4.78, 5) is 4.30. The van der Waals surface area contributed by atoms with E-state index in [1.807, 2.05) is 49.6 Å². The molecule has 140 valence electrons. The van der Waals surface area contributed by atoms with Crippen molar-refractivity contribution in [2.24, 2.45) is 0 Å². The molecule has 1 aliphatic rings. The summed E-state index contributed by atoms with van der Waals surface area (Å²) in [5.41, 5.74) is 2.15. The molecule has 0 radical (unpaired) electrons. The number of hydrogen-bond donors (Lipinski definition) is 0. The minimum absolute atomic E-state index is 0.247. The number of halogens is 1. The van der Waals surface area contributed by atoms with Crippen LogP contribution in [0.2, 0.25) is 5.02 Å². The van der Waals surface area contributed by atoms with Crippen molar-refractivity contribution in [2.45, 2.75) is 51.2 Å². The molecule has 6 heteroatoms. The minimum Gasteiger partial charge on any atom is -0.489 e. The third kappa shape index (κ3) is 4.30. The number of hydrogen-bond acceptors (Lipinski definition) is 4. The number of aryl methyl sites for hydroxylation is 1. The van der Waals surface area contributed by atoms with Gasteiger partial charge in [-0.1, -0.05) is 23.7 Å². The first-order valence-corrected chi connectivity index (χ1v) is 9.77. The van der Waals surface area contributed by atoms with E-state index in [2.05, 4.69) is 19.7 Å². The second-order valence-corrected chi connectivity index (χ2v) is 7.56. The van der Waals surface area contributed by atoms with Gasteiger partial charge in [0.25, 0.3) is 0 Å². The Kier molecular flexibility index (Phi) is 5.39. The average molecular weight is 383 g/mol. The van der Waals surface area contributed by atoms with E-state index in [9.17, 15) is 0 Å². The Hall–Kier alpha value is -2.40. The number of pyridine rings is 1. The summed E-state index contributed by atoms with van der Waals surface area (Å²) < 4.78 is 8.32. The Morgan fingerprint density at radius 1 is 1.11 bits per heavy atom. The fourth-order valence-electron chi connectivity index (χ4n) is 3.70. The highest BCUT2D eigenvalue weighted by Crippen LogP contribution is 2.34. The van der Waals surface area contributed by atoms with Crippen LogP contribution >= 0.6 is 11.6 Å². The van der Waals surface area contributed by atoms with Crippen LogP contribution < -0.4 is 4.74 Å². The van der Waals surface area contributed by atoms with Gasteiger partial charge in [-0.05, 0) is 62.4 Å². The number of aromatic nitrogens is 4. The lowest BCUT2D eigenvalue weighted by atomic mass is 9.86. The van der Waals surface area contributed by atoms with Crippen LogP contribution in [0, 0.1) is 6.92 Å². The van der Waals surface area contributed by atoms with Crippen molar-refractivity contribution in [2.75, 3.05) is 0 Å². The number of ether oxygens (including phenoxy) is 1. The van der Waals surface area contributed by atoms with Crippen molar-refractivity contribution in [1.29, 1.82) is 0 Å². The van der Waals surface area contributed by atoms with Crippen LogP contribution in [-0.4, -0.2) is 25.9 Å². The number of rotatable bonds is 5. The van der Waals surface area contributed by atoms with Crippen molar-refractivity contribution in [3.63, 3.8) is 0 Å². The van der Waals surface area contributed by atoms with Crippen LogP contribution in [0.3, 0.4) is 0 Å². The molecule has 0 N–H and O–H groups in total. The highest BCUT2D eigenvalue weighted by atomic mass is 35.5. The topological polar surface area (TPSA) is 52.8 Å². The van der Waals surface area contributed by atoms with Crippen molar-refractivity contribution in [1.82, 2.24) is 19.7 Å². The van der Waals surface area contributed by atoms with Gasteiger partial charge in [0.05, 0.1) is 18.3 Å². The molecule has 1 fully saturated rings. The van der Waals surface area contributed by atoms with Gasteiger partial charge >= 0.3 is 0 Å². The van der Waals surface area contributed by atoms with Gasteiger partial charge < -0.3 is 9.30 Å². The fourth-order valence-corrected chi connectivity index (χ4v) is 3.83. The second kappa shape index (κ2) is 8.09. The molecule has 1 saturated carbocycles. The maximum atomic E-state index is 6.17. The Labute approximate surface area is 164 Å². The maximum Gasteiger partial charge on any atom is 0.140 e. The lowest BCUT2D eigenvalue weighted by molar-refractivity contribution is 0.143. The van der Waals surface area contributed by atoms with Crippen molar-refractivity contribution < 1.29 is 4.74 Å². The Morgan fingerprint density at radius 2 is 1.89 bits per heavy atom. The van der Waals surface area contributed by atoms with Crippen LogP contribution in [0.5, 0.6) is 5.75 Å². The lowest BCUT2D eigenvalue weighted by Crippen LogP contribution is -2.25. The van der Waals surface area contributed by atoms with E-state index in [4.69, 9.17) is 16.3 Å². The predicted molar refractivity (Wildman–Crippen MR) is 105 cm³/mol. The molecule has 0 bridgehead atoms. The van der Waals surface area contributed by atoms with E-state index < -0.39 is 0 Å². The number of nitrogens with zero attached hydrogens (tertiary/aromatic N) is 4. The first-order valence-electron chi connectivity index (χ1n) is 9.39. The van der Waals surface area contributed by atoms with Crippen LogP contribution in [0.15, 0.2) is 48.9 Å². The molecule has 1 aliphatic carbocycles. The zero-order valence-corrected chi connectivity index (χ0v) is 16.1. The lowest BCUT2D eigenvalue weighted by Gasteiger charge is -2.29. The SMILES string of the molecule is Cc1ncccc1O[C@H]1CC[C@H](c2nncn2Cc2ccc(Cl)cc2)CC1. The molecule has 2 heterocycles. The monoisotopic (exact) mass is 382 g/mol. The number of benzene rings is 1. The Bertz CT molecular complexity index is 885. The second-order valence-electron chi connectivity index (χ2n) is 7.12. The molecule has 5 nitrogen and oxygen atoms in total. The molecule has 1 aromatic carbocycles. The quantitative estimate of drug-likeness (QED) is 0.636. The minimum atomic E-state index is 0.247. The molecule has 0 aliphatic heterocycles. The van der Waals surface area contributed by atoms with E-state index >= 15 is 0 Å². The molecule has 2 aromatic heterocycles. The van der Waals surface area contributed by atoms with Gasteiger partial charge in [-0.2, -0.15) is 0 Å². The van der Waals surface area contributed by atoms with Gasteiger partial charge in [-0.3, -0.25) is 4.98 Å². The van der Waals surface area contributed by atoms with Gasteiger partial charge in [-0.15, -0.1) is 10.2 Å². The Balaban J connectivity index is 1.38. The van der Waals surface area contributed by atoms with E-state index in [0.717, 1.165) is 54.5 Å². The van der Waals surface area contributed by atoms with Crippen molar-refractivity contribution in [3.8, 4) is 5.75 Å². The molecule has 4 rings (SSSR count). The molecule has 0 amide bonds. The van der Waals surface area contributed by atoms with Gasteiger partial charge in [0.1, 0.15) is 17.9 Å². The van der Waals surface area contributed by atoms with Crippen LogP contribution in [-0.2, 0) is 6.54 Å². The molecule has 0 saturated heterocycles. The molecule has 0 spiro atoms. The molecule has 3 aromatic rings. The summed E-state index contributed by atoms with van der Waals surface area (Å²) in [6, 6.07) is 11.9. The van der Waals surface area contributed by atoms with Gasteiger partial charge in [0.2, 0.25) is 0 Å². The average Bonchev–Trinajstić information content (AvgIpc) is 3.14.